The van der Waals surface area contributed by atoms with Crippen molar-refractivity contribution >= 4 is 5.91 Å². The number of hydrogen-bond donors (Lipinski definition) is 0. The predicted molar refractivity (Wildman–Crippen MR) is 70.7 cm³/mol. The molecule has 1 heterocycles. The van der Waals surface area contributed by atoms with Crippen LogP contribution in [0, 0.1) is 11.8 Å². The molecule has 0 N–H and O–H groups in total. The van der Waals surface area contributed by atoms with E-state index in [2.05, 4.69) is 25.7 Å². The van der Waals surface area contributed by atoms with Gasteiger partial charge in [-0.1, -0.05) is 26.7 Å². The Hall–Kier alpha value is -0.790. The van der Waals surface area contributed by atoms with Crippen LogP contribution in [0.5, 0.6) is 0 Å². The van der Waals surface area contributed by atoms with Crippen LogP contribution in [0.2, 0.25) is 0 Å². The van der Waals surface area contributed by atoms with Gasteiger partial charge in [0.15, 0.2) is 0 Å². The third kappa shape index (κ3) is 2.91. The molecule has 0 radical (unpaired) electrons. The lowest BCUT2D eigenvalue weighted by Gasteiger charge is -2.39. The lowest BCUT2D eigenvalue weighted by Crippen LogP contribution is -2.44. The largest absolute Gasteiger partial charge is 0.332 e. The Balaban J connectivity index is 2.04. The van der Waals surface area contributed by atoms with Crippen LogP contribution < -0.4 is 0 Å². The molecule has 1 aliphatic heterocycles. The van der Waals surface area contributed by atoms with E-state index >= 15 is 0 Å². The van der Waals surface area contributed by atoms with Gasteiger partial charge in [-0.2, -0.15) is 0 Å². The highest BCUT2D eigenvalue weighted by atomic mass is 16.2. The van der Waals surface area contributed by atoms with Gasteiger partial charge < -0.3 is 4.90 Å². The van der Waals surface area contributed by atoms with Crippen molar-refractivity contribution in [1.82, 2.24) is 4.90 Å². The zero-order valence-electron chi connectivity index (χ0n) is 11.4. The first-order valence-corrected chi connectivity index (χ1v) is 7.05. The Morgan fingerprint density at radius 3 is 2.65 bits per heavy atom. The van der Waals surface area contributed by atoms with E-state index in [0.717, 1.165) is 18.4 Å². The molecule has 2 nitrogen and oxygen atoms in total. The van der Waals surface area contributed by atoms with Crippen LogP contribution >= 0.6 is 0 Å². The molecular formula is C15H25NO. The molecule has 96 valence electrons. The van der Waals surface area contributed by atoms with Crippen molar-refractivity contribution in [3.05, 3.63) is 11.6 Å². The highest BCUT2D eigenvalue weighted by molar-refractivity contribution is 5.91. The van der Waals surface area contributed by atoms with E-state index in [0.29, 0.717) is 6.04 Å². The van der Waals surface area contributed by atoms with E-state index in [1.54, 1.807) is 0 Å². The third-order valence-electron chi connectivity index (χ3n) is 4.12. The summed E-state index contributed by atoms with van der Waals surface area (Å²) >= 11 is 0. The van der Waals surface area contributed by atoms with Crippen molar-refractivity contribution in [3.63, 3.8) is 0 Å². The first-order chi connectivity index (χ1) is 8.08. The summed E-state index contributed by atoms with van der Waals surface area (Å²) in [5, 5.41) is 0. The third-order valence-corrected chi connectivity index (χ3v) is 4.12. The standard InChI is InChI=1S/C15H25NO/c1-11(2)8-13-6-4-5-7-14(13)16-10-12(3)9-15(16)17/h9,11,13-14H,4-8,10H2,1-3H3. The number of amides is 1. The minimum atomic E-state index is 0.253. The molecule has 0 saturated heterocycles. The van der Waals surface area contributed by atoms with Gasteiger partial charge in [-0.05, 0) is 43.6 Å². The van der Waals surface area contributed by atoms with Crippen LogP contribution in [0.1, 0.15) is 52.9 Å². The Morgan fingerprint density at radius 2 is 2.06 bits per heavy atom. The Kier molecular flexibility index (Phi) is 3.90. The van der Waals surface area contributed by atoms with E-state index in [4.69, 9.17) is 0 Å². The molecule has 0 spiro atoms. The van der Waals surface area contributed by atoms with Crippen LogP contribution in [0.25, 0.3) is 0 Å². The molecule has 1 fully saturated rings. The fourth-order valence-electron chi connectivity index (χ4n) is 3.45. The van der Waals surface area contributed by atoms with Gasteiger partial charge in [0, 0.05) is 18.7 Å². The average molecular weight is 235 g/mol. The second kappa shape index (κ2) is 5.24. The van der Waals surface area contributed by atoms with Crippen molar-refractivity contribution in [2.45, 2.75) is 58.9 Å². The number of hydrogen-bond acceptors (Lipinski definition) is 1. The normalized spacial score (nSPS) is 30.0. The maximum Gasteiger partial charge on any atom is 0.247 e. The van der Waals surface area contributed by atoms with Gasteiger partial charge in [0.25, 0.3) is 0 Å². The molecule has 2 rings (SSSR count). The molecule has 0 aromatic rings. The zero-order valence-corrected chi connectivity index (χ0v) is 11.4. The molecule has 2 aliphatic rings. The van der Waals surface area contributed by atoms with E-state index in [1.807, 2.05) is 6.08 Å². The number of rotatable bonds is 3. The van der Waals surface area contributed by atoms with Crippen LogP contribution in [0.15, 0.2) is 11.6 Å². The summed E-state index contributed by atoms with van der Waals surface area (Å²) in [5.41, 5.74) is 1.23. The van der Waals surface area contributed by atoms with Gasteiger partial charge in [-0.25, -0.2) is 0 Å². The molecule has 0 aromatic heterocycles. The molecular weight excluding hydrogens is 210 g/mol. The summed E-state index contributed by atoms with van der Waals surface area (Å²) in [6.45, 7) is 7.53. The SMILES string of the molecule is CC1=CC(=O)N(C2CCCCC2CC(C)C)C1. The Morgan fingerprint density at radius 1 is 1.35 bits per heavy atom. The quantitative estimate of drug-likeness (QED) is 0.734. The van der Waals surface area contributed by atoms with Crippen molar-refractivity contribution < 1.29 is 4.79 Å². The summed E-state index contributed by atoms with van der Waals surface area (Å²) in [7, 11) is 0. The molecule has 17 heavy (non-hydrogen) atoms. The van der Waals surface area contributed by atoms with Gasteiger partial charge in [0.2, 0.25) is 5.91 Å². The summed E-state index contributed by atoms with van der Waals surface area (Å²) in [5.74, 6) is 1.72. The minimum absolute atomic E-state index is 0.253. The molecule has 2 heteroatoms. The maximum absolute atomic E-state index is 12.0. The first kappa shape index (κ1) is 12.7. The second-order valence-corrected chi connectivity index (χ2v) is 6.20. The highest BCUT2D eigenvalue weighted by Gasteiger charge is 2.34. The second-order valence-electron chi connectivity index (χ2n) is 6.20. The lowest BCUT2D eigenvalue weighted by atomic mass is 9.79. The maximum atomic E-state index is 12.0. The molecule has 1 saturated carbocycles. The molecule has 0 bridgehead atoms. The number of nitrogens with zero attached hydrogens (tertiary/aromatic N) is 1. The molecule has 2 unspecified atom stereocenters. The van der Waals surface area contributed by atoms with Crippen LogP contribution in [-0.4, -0.2) is 23.4 Å². The molecule has 2 atom stereocenters. The Bertz CT molecular complexity index is 319. The van der Waals surface area contributed by atoms with Crippen molar-refractivity contribution in [3.8, 4) is 0 Å². The highest BCUT2D eigenvalue weighted by Crippen LogP contribution is 2.34. The molecule has 1 aliphatic carbocycles. The van der Waals surface area contributed by atoms with Crippen molar-refractivity contribution in [1.29, 1.82) is 0 Å². The van der Waals surface area contributed by atoms with Crippen LogP contribution in [-0.2, 0) is 4.79 Å². The van der Waals surface area contributed by atoms with E-state index < -0.39 is 0 Å². The Labute approximate surface area is 105 Å². The zero-order chi connectivity index (χ0) is 12.4. The number of carbonyl (C=O) groups is 1. The van der Waals surface area contributed by atoms with Gasteiger partial charge >= 0.3 is 0 Å². The molecule has 0 aromatic carbocycles. The fraction of sp³-hybridized carbons (Fsp3) is 0.800. The van der Waals surface area contributed by atoms with E-state index in [-0.39, 0.29) is 5.91 Å². The molecule has 1 amide bonds. The lowest BCUT2D eigenvalue weighted by molar-refractivity contribution is -0.128. The van der Waals surface area contributed by atoms with E-state index in [9.17, 15) is 4.79 Å². The minimum Gasteiger partial charge on any atom is -0.332 e. The summed E-state index contributed by atoms with van der Waals surface area (Å²) in [6.07, 6.45) is 8.26. The fourth-order valence-corrected chi connectivity index (χ4v) is 3.45. The average Bonchev–Trinajstić information content (AvgIpc) is 2.58. The summed E-state index contributed by atoms with van der Waals surface area (Å²) < 4.78 is 0. The smallest absolute Gasteiger partial charge is 0.247 e. The van der Waals surface area contributed by atoms with Gasteiger partial charge in [0.05, 0.1) is 0 Å². The van der Waals surface area contributed by atoms with Gasteiger partial charge in [0.1, 0.15) is 0 Å². The van der Waals surface area contributed by atoms with Crippen molar-refractivity contribution in [2.24, 2.45) is 11.8 Å². The summed E-state index contributed by atoms with van der Waals surface area (Å²) in [6, 6.07) is 0.507. The van der Waals surface area contributed by atoms with Crippen LogP contribution in [0.4, 0.5) is 0 Å². The van der Waals surface area contributed by atoms with Gasteiger partial charge in [-0.3, -0.25) is 4.79 Å². The topological polar surface area (TPSA) is 20.3 Å². The van der Waals surface area contributed by atoms with E-state index in [1.165, 1.54) is 37.7 Å². The van der Waals surface area contributed by atoms with Crippen LogP contribution in [0.3, 0.4) is 0 Å². The first-order valence-electron chi connectivity index (χ1n) is 7.05. The monoisotopic (exact) mass is 235 g/mol. The van der Waals surface area contributed by atoms with Gasteiger partial charge in [-0.15, -0.1) is 0 Å². The number of carbonyl (C=O) groups excluding carboxylic acids is 1. The van der Waals surface area contributed by atoms with Crippen molar-refractivity contribution in [2.75, 3.05) is 6.54 Å². The predicted octanol–water partition coefficient (Wildman–Crippen LogP) is 3.38. The summed E-state index contributed by atoms with van der Waals surface area (Å²) in [4.78, 5) is 14.1.